The monoisotopic (exact) mass is 344 g/mol. The molecule has 6 nitrogen and oxygen atoms in total. The highest BCUT2D eigenvalue weighted by molar-refractivity contribution is 7.92. The molecule has 1 aliphatic rings. The quantitative estimate of drug-likeness (QED) is 0.799. The number of rotatable bonds is 3. The van der Waals surface area contributed by atoms with Gasteiger partial charge in [-0.3, -0.25) is 13.9 Å². The van der Waals surface area contributed by atoms with Crippen molar-refractivity contribution in [3.63, 3.8) is 0 Å². The molecule has 2 aromatic carbocycles. The van der Waals surface area contributed by atoms with Gasteiger partial charge in [-0.25, -0.2) is 8.42 Å². The molecule has 0 N–H and O–H groups in total. The minimum atomic E-state index is -3.90. The van der Waals surface area contributed by atoms with Crippen molar-refractivity contribution in [2.75, 3.05) is 22.8 Å². The predicted octanol–water partition coefficient (Wildman–Crippen LogP) is 2.06. The lowest BCUT2D eigenvalue weighted by molar-refractivity contribution is -0.117. The van der Waals surface area contributed by atoms with E-state index in [0.29, 0.717) is 16.9 Å². The van der Waals surface area contributed by atoms with Gasteiger partial charge in [0, 0.05) is 12.6 Å². The Hall–Kier alpha value is -2.67. The van der Waals surface area contributed by atoms with E-state index in [9.17, 15) is 18.0 Å². The van der Waals surface area contributed by atoms with E-state index < -0.39 is 10.0 Å². The van der Waals surface area contributed by atoms with Gasteiger partial charge in [-0.1, -0.05) is 24.3 Å². The molecule has 0 atom stereocenters. The number of hydrogen-bond donors (Lipinski definition) is 0. The molecule has 0 aromatic heterocycles. The van der Waals surface area contributed by atoms with Crippen molar-refractivity contribution in [3.05, 3.63) is 54.1 Å². The highest BCUT2D eigenvalue weighted by Gasteiger charge is 2.34. The lowest BCUT2D eigenvalue weighted by Crippen LogP contribution is -2.46. The van der Waals surface area contributed by atoms with Gasteiger partial charge in [0.1, 0.15) is 6.54 Å². The third-order valence-corrected chi connectivity index (χ3v) is 5.79. The maximum atomic E-state index is 13.0. The van der Waals surface area contributed by atoms with E-state index in [0.717, 1.165) is 4.31 Å². The Bertz CT molecular complexity index is 920. The number of benzene rings is 2. The van der Waals surface area contributed by atoms with Gasteiger partial charge < -0.3 is 4.90 Å². The Balaban J connectivity index is 2.08. The Morgan fingerprint density at radius 2 is 1.58 bits per heavy atom. The van der Waals surface area contributed by atoms with E-state index in [1.165, 1.54) is 36.1 Å². The number of carbonyl (C=O) groups excluding carboxylic acids is 2. The highest BCUT2D eigenvalue weighted by atomic mass is 32.2. The van der Waals surface area contributed by atoms with Crippen molar-refractivity contribution in [3.8, 4) is 0 Å². The van der Waals surface area contributed by atoms with Crippen LogP contribution in [0, 0.1) is 0 Å². The molecule has 0 fully saturated rings. The standard InChI is InChI=1S/C17H16N2O4S/c1-12(20)13-7-9-14(10-8-13)24(22,23)19-11-17(21)18(2)15-5-3-4-6-16(15)19/h3-10H,11H2,1-2H3. The summed E-state index contributed by atoms with van der Waals surface area (Å²) in [6.45, 7) is 1.16. The second kappa shape index (κ2) is 5.76. The number of para-hydroxylation sites is 2. The van der Waals surface area contributed by atoms with Gasteiger partial charge in [-0.2, -0.15) is 0 Å². The van der Waals surface area contributed by atoms with Gasteiger partial charge >= 0.3 is 0 Å². The maximum Gasteiger partial charge on any atom is 0.264 e. The summed E-state index contributed by atoms with van der Waals surface area (Å²) < 4.78 is 27.0. The first kappa shape index (κ1) is 16.2. The summed E-state index contributed by atoms with van der Waals surface area (Å²) in [6, 6.07) is 12.6. The summed E-state index contributed by atoms with van der Waals surface area (Å²) in [4.78, 5) is 25.0. The van der Waals surface area contributed by atoms with Gasteiger partial charge in [0.25, 0.3) is 10.0 Å². The van der Waals surface area contributed by atoms with E-state index in [-0.39, 0.29) is 23.1 Å². The second-order valence-corrected chi connectivity index (χ2v) is 7.40. The predicted molar refractivity (Wildman–Crippen MR) is 90.8 cm³/mol. The fourth-order valence-electron chi connectivity index (χ4n) is 2.61. The van der Waals surface area contributed by atoms with E-state index in [4.69, 9.17) is 0 Å². The molecule has 1 heterocycles. The van der Waals surface area contributed by atoms with Crippen LogP contribution in [0.5, 0.6) is 0 Å². The molecule has 0 saturated heterocycles. The molecule has 3 rings (SSSR count). The summed E-state index contributed by atoms with van der Waals surface area (Å²) in [5, 5.41) is 0. The molecule has 0 bridgehead atoms. The summed E-state index contributed by atoms with van der Waals surface area (Å²) >= 11 is 0. The Kier molecular flexibility index (Phi) is 3.88. The number of anilines is 2. The van der Waals surface area contributed by atoms with Crippen LogP contribution in [0.3, 0.4) is 0 Å². The van der Waals surface area contributed by atoms with Gasteiger partial charge in [0.2, 0.25) is 5.91 Å². The first-order valence-electron chi connectivity index (χ1n) is 7.31. The van der Waals surface area contributed by atoms with Crippen molar-refractivity contribution in [2.24, 2.45) is 0 Å². The summed E-state index contributed by atoms with van der Waals surface area (Å²) in [7, 11) is -2.28. The molecule has 0 unspecified atom stereocenters. The van der Waals surface area contributed by atoms with E-state index in [1.807, 2.05) is 0 Å². The zero-order valence-corrected chi connectivity index (χ0v) is 14.1. The molecule has 124 valence electrons. The topological polar surface area (TPSA) is 74.8 Å². The zero-order chi connectivity index (χ0) is 17.5. The van der Waals surface area contributed by atoms with Crippen molar-refractivity contribution in [2.45, 2.75) is 11.8 Å². The van der Waals surface area contributed by atoms with E-state index in [2.05, 4.69) is 0 Å². The Morgan fingerprint density at radius 3 is 2.17 bits per heavy atom. The van der Waals surface area contributed by atoms with Gasteiger partial charge in [-0.05, 0) is 31.2 Å². The molecule has 24 heavy (non-hydrogen) atoms. The minimum absolute atomic E-state index is 0.0413. The molecule has 7 heteroatoms. The van der Waals surface area contributed by atoms with Crippen molar-refractivity contribution < 1.29 is 18.0 Å². The average Bonchev–Trinajstić information content (AvgIpc) is 2.58. The minimum Gasteiger partial charge on any atom is -0.312 e. The second-order valence-electron chi connectivity index (χ2n) is 5.53. The molecule has 1 amide bonds. The van der Waals surface area contributed by atoms with Crippen LogP contribution < -0.4 is 9.21 Å². The average molecular weight is 344 g/mol. The molecule has 1 aliphatic heterocycles. The Labute approximate surface area is 140 Å². The zero-order valence-electron chi connectivity index (χ0n) is 13.3. The number of Topliss-reactive ketones (excluding diaryl/α,β-unsaturated/α-hetero) is 1. The largest absolute Gasteiger partial charge is 0.312 e. The lowest BCUT2D eigenvalue weighted by atomic mass is 10.2. The van der Waals surface area contributed by atoms with Crippen LogP contribution in [0.15, 0.2) is 53.4 Å². The third kappa shape index (κ3) is 2.56. The normalized spacial score (nSPS) is 14.5. The highest BCUT2D eigenvalue weighted by Crippen LogP contribution is 2.35. The molecular formula is C17H16N2O4S. The maximum absolute atomic E-state index is 13.0. The smallest absolute Gasteiger partial charge is 0.264 e. The van der Waals surface area contributed by atoms with Crippen molar-refractivity contribution in [1.82, 2.24) is 0 Å². The number of nitrogens with zero attached hydrogens (tertiary/aromatic N) is 2. The third-order valence-electron chi connectivity index (χ3n) is 4.01. The van der Waals surface area contributed by atoms with Crippen LogP contribution in [0.1, 0.15) is 17.3 Å². The van der Waals surface area contributed by atoms with E-state index >= 15 is 0 Å². The van der Waals surface area contributed by atoms with Crippen LogP contribution in [0.4, 0.5) is 11.4 Å². The van der Waals surface area contributed by atoms with Crippen LogP contribution in [-0.4, -0.2) is 33.7 Å². The number of hydrogen-bond acceptors (Lipinski definition) is 4. The summed E-state index contributed by atoms with van der Waals surface area (Å²) in [6.07, 6.45) is 0. The molecule has 0 radical (unpaired) electrons. The number of amides is 1. The van der Waals surface area contributed by atoms with Crippen molar-refractivity contribution >= 4 is 33.1 Å². The lowest BCUT2D eigenvalue weighted by Gasteiger charge is -2.34. The SMILES string of the molecule is CC(=O)c1ccc(S(=O)(=O)N2CC(=O)N(C)c3ccccc32)cc1. The molecule has 2 aromatic rings. The molecule has 0 saturated carbocycles. The molecule has 0 aliphatic carbocycles. The van der Waals surface area contributed by atoms with E-state index in [1.54, 1.807) is 31.3 Å². The molecule has 0 spiro atoms. The van der Waals surface area contributed by atoms with Gasteiger partial charge in [-0.15, -0.1) is 0 Å². The fraction of sp³-hybridized carbons (Fsp3) is 0.176. The van der Waals surface area contributed by atoms with Gasteiger partial charge in [0.15, 0.2) is 5.78 Å². The van der Waals surface area contributed by atoms with Gasteiger partial charge in [0.05, 0.1) is 16.3 Å². The first-order valence-corrected chi connectivity index (χ1v) is 8.75. The number of ketones is 1. The number of fused-ring (bicyclic) bond motifs is 1. The van der Waals surface area contributed by atoms with Crippen LogP contribution in [0.25, 0.3) is 0 Å². The van der Waals surface area contributed by atoms with Crippen LogP contribution in [-0.2, 0) is 14.8 Å². The fourth-order valence-corrected chi connectivity index (χ4v) is 4.04. The Morgan fingerprint density at radius 1 is 1.00 bits per heavy atom. The number of likely N-dealkylation sites (N-methyl/N-ethyl adjacent to an activating group) is 1. The summed E-state index contributed by atoms with van der Waals surface area (Å²) in [5.41, 5.74) is 1.43. The van der Waals surface area contributed by atoms with Crippen LogP contribution >= 0.6 is 0 Å². The first-order chi connectivity index (χ1) is 11.3. The molecular weight excluding hydrogens is 328 g/mol. The summed E-state index contributed by atoms with van der Waals surface area (Å²) in [5.74, 6) is -0.448. The van der Waals surface area contributed by atoms with Crippen molar-refractivity contribution in [1.29, 1.82) is 0 Å². The number of carbonyl (C=O) groups is 2. The van der Waals surface area contributed by atoms with Crippen LogP contribution in [0.2, 0.25) is 0 Å². The number of sulfonamides is 1.